The largest absolute Gasteiger partial charge is 0.456 e. The van der Waals surface area contributed by atoms with E-state index in [0.29, 0.717) is 22.2 Å². The molecule has 0 aromatic heterocycles. The van der Waals surface area contributed by atoms with Crippen LogP contribution in [0.15, 0.2) is 60.7 Å². The van der Waals surface area contributed by atoms with E-state index in [1.807, 2.05) is 0 Å². The summed E-state index contributed by atoms with van der Waals surface area (Å²) in [5, 5.41) is 14.5. The number of carbonyl (C=O) groups is 1. The molecule has 1 aliphatic heterocycles. The SMILES string of the molecule is O=C1Nc2ccccc2Oc2cc([N+](=O)[O-])cc(Oc3cccc(Cl)c3)c21. The summed E-state index contributed by atoms with van der Waals surface area (Å²) in [6.07, 6.45) is 0. The van der Waals surface area contributed by atoms with Gasteiger partial charge in [-0.25, -0.2) is 0 Å². The number of nitrogens with zero attached hydrogens (tertiary/aromatic N) is 1. The molecule has 7 nitrogen and oxygen atoms in total. The van der Waals surface area contributed by atoms with Crippen LogP contribution < -0.4 is 14.8 Å². The van der Waals surface area contributed by atoms with Crippen LogP contribution in [0.4, 0.5) is 11.4 Å². The third-order valence-corrected chi connectivity index (χ3v) is 4.10. The van der Waals surface area contributed by atoms with Gasteiger partial charge in [-0.3, -0.25) is 14.9 Å². The Morgan fingerprint density at radius 3 is 2.63 bits per heavy atom. The molecule has 3 aromatic carbocycles. The monoisotopic (exact) mass is 382 g/mol. The molecule has 0 unspecified atom stereocenters. The minimum Gasteiger partial charge on any atom is -0.456 e. The summed E-state index contributed by atoms with van der Waals surface area (Å²) in [6, 6.07) is 15.7. The van der Waals surface area contributed by atoms with Gasteiger partial charge in [-0.1, -0.05) is 29.8 Å². The molecule has 1 aliphatic rings. The Labute approximate surface area is 158 Å². The second-order valence-corrected chi connectivity index (χ2v) is 6.12. The predicted molar refractivity (Wildman–Crippen MR) is 99.1 cm³/mol. The Hall–Kier alpha value is -3.58. The second kappa shape index (κ2) is 6.62. The highest BCUT2D eigenvalue weighted by atomic mass is 35.5. The molecular formula is C19H11ClN2O5. The Balaban J connectivity index is 1.87. The first-order valence-corrected chi connectivity index (χ1v) is 8.23. The van der Waals surface area contributed by atoms with Gasteiger partial charge in [0.2, 0.25) is 0 Å². The van der Waals surface area contributed by atoms with Crippen molar-refractivity contribution in [2.24, 2.45) is 0 Å². The Bertz CT molecular complexity index is 1080. The van der Waals surface area contributed by atoms with Gasteiger partial charge < -0.3 is 14.8 Å². The summed E-state index contributed by atoms with van der Waals surface area (Å²) < 4.78 is 11.5. The number of para-hydroxylation sites is 2. The zero-order valence-corrected chi connectivity index (χ0v) is 14.4. The maximum Gasteiger partial charge on any atom is 0.276 e. The van der Waals surface area contributed by atoms with E-state index in [1.54, 1.807) is 42.5 Å². The topological polar surface area (TPSA) is 90.7 Å². The van der Waals surface area contributed by atoms with Crippen LogP contribution in [0.5, 0.6) is 23.0 Å². The molecule has 0 saturated carbocycles. The van der Waals surface area contributed by atoms with Crippen molar-refractivity contribution in [3.05, 3.63) is 81.4 Å². The summed E-state index contributed by atoms with van der Waals surface area (Å²) in [5.74, 6) is 0.232. The number of fused-ring (bicyclic) bond motifs is 2. The molecule has 0 bridgehead atoms. The number of carbonyl (C=O) groups excluding carboxylic acids is 1. The number of non-ortho nitro benzene ring substituents is 1. The van der Waals surface area contributed by atoms with Gasteiger partial charge in [0.1, 0.15) is 11.3 Å². The summed E-state index contributed by atoms with van der Waals surface area (Å²) in [7, 11) is 0. The molecule has 0 saturated heterocycles. The number of hydrogen-bond donors (Lipinski definition) is 1. The molecule has 3 aromatic rings. The van der Waals surface area contributed by atoms with E-state index >= 15 is 0 Å². The fourth-order valence-electron chi connectivity index (χ4n) is 2.69. The van der Waals surface area contributed by atoms with E-state index in [0.717, 1.165) is 0 Å². The van der Waals surface area contributed by atoms with Crippen LogP contribution in [0.3, 0.4) is 0 Å². The molecular weight excluding hydrogens is 372 g/mol. The maximum atomic E-state index is 12.8. The fourth-order valence-corrected chi connectivity index (χ4v) is 2.87. The van der Waals surface area contributed by atoms with Gasteiger partial charge in [0.05, 0.1) is 22.7 Å². The second-order valence-electron chi connectivity index (χ2n) is 5.69. The number of hydrogen-bond acceptors (Lipinski definition) is 5. The Morgan fingerprint density at radius 1 is 1.04 bits per heavy atom. The minimum absolute atomic E-state index is 0.00762. The van der Waals surface area contributed by atoms with Crippen LogP contribution in [-0.2, 0) is 0 Å². The minimum atomic E-state index is -0.580. The third-order valence-electron chi connectivity index (χ3n) is 3.87. The summed E-state index contributed by atoms with van der Waals surface area (Å²) in [4.78, 5) is 23.5. The number of nitrogens with one attached hydrogen (secondary N) is 1. The number of halogens is 1. The van der Waals surface area contributed by atoms with Crippen molar-refractivity contribution in [1.29, 1.82) is 0 Å². The van der Waals surface area contributed by atoms with Crippen LogP contribution in [0.25, 0.3) is 0 Å². The van der Waals surface area contributed by atoms with Gasteiger partial charge in [0, 0.05) is 5.02 Å². The normalized spacial score (nSPS) is 12.1. The van der Waals surface area contributed by atoms with Crippen molar-refractivity contribution >= 4 is 28.9 Å². The first kappa shape index (κ1) is 16.9. The lowest BCUT2D eigenvalue weighted by Gasteiger charge is -2.12. The quantitative estimate of drug-likeness (QED) is 0.483. The van der Waals surface area contributed by atoms with E-state index in [9.17, 15) is 14.9 Å². The number of benzene rings is 3. The van der Waals surface area contributed by atoms with Crippen molar-refractivity contribution < 1.29 is 19.2 Å². The fraction of sp³-hybridized carbons (Fsp3) is 0. The predicted octanol–water partition coefficient (Wildman–Crippen LogP) is 5.40. The maximum absolute atomic E-state index is 12.8. The van der Waals surface area contributed by atoms with Crippen LogP contribution in [0, 0.1) is 10.1 Å². The van der Waals surface area contributed by atoms with Crippen LogP contribution in [-0.4, -0.2) is 10.8 Å². The smallest absolute Gasteiger partial charge is 0.276 e. The van der Waals surface area contributed by atoms with E-state index < -0.39 is 10.8 Å². The number of anilines is 1. The third kappa shape index (κ3) is 3.28. The molecule has 0 atom stereocenters. The van der Waals surface area contributed by atoms with Gasteiger partial charge in [-0.05, 0) is 30.3 Å². The summed E-state index contributed by atoms with van der Waals surface area (Å²) >= 11 is 5.96. The number of rotatable bonds is 3. The lowest BCUT2D eigenvalue weighted by molar-refractivity contribution is -0.385. The highest BCUT2D eigenvalue weighted by molar-refractivity contribution is 6.30. The van der Waals surface area contributed by atoms with E-state index in [-0.39, 0.29) is 22.7 Å². The number of nitro groups is 1. The van der Waals surface area contributed by atoms with Gasteiger partial charge in [0.25, 0.3) is 11.6 Å². The van der Waals surface area contributed by atoms with Crippen LogP contribution >= 0.6 is 11.6 Å². The van der Waals surface area contributed by atoms with E-state index in [4.69, 9.17) is 21.1 Å². The zero-order chi connectivity index (χ0) is 19.0. The molecule has 0 aliphatic carbocycles. The molecule has 0 spiro atoms. The summed E-state index contributed by atoms with van der Waals surface area (Å²) in [6.45, 7) is 0. The van der Waals surface area contributed by atoms with Crippen molar-refractivity contribution in [2.75, 3.05) is 5.32 Å². The lowest BCUT2D eigenvalue weighted by Crippen LogP contribution is -2.12. The summed E-state index contributed by atoms with van der Waals surface area (Å²) in [5.41, 5.74) is 0.241. The zero-order valence-electron chi connectivity index (χ0n) is 13.6. The Morgan fingerprint density at radius 2 is 1.85 bits per heavy atom. The standard InChI is InChI=1S/C19H11ClN2O5/c20-11-4-3-5-13(8-11)26-16-9-12(22(24)25)10-17-18(16)19(23)21-14-6-1-2-7-15(14)27-17/h1-10H,(H,21,23). The highest BCUT2D eigenvalue weighted by Gasteiger charge is 2.28. The molecule has 1 heterocycles. The lowest BCUT2D eigenvalue weighted by atomic mass is 10.1. The molecule has 27 heavy (non-hydrogen) atoms. The molecule has 1 amide bonds. The average molecular weight is 383 g/mol. The highest BCUT2D eigenvalue weighted by Crippen LogP contribution is 2.43. The van der Waals surface area contributed by atoms with Crippen molar-refractivity contribution in [3.8, 4) is 23.0 Å². The van der Waals surface area contributed by atoms with Gasteiger partial charge >= 0.3 is 0 Å². The molecule has 0 radical (unpaired) electrons. The van der Waals surface area contributed by atoms with Gasteiger partial charge in [-0.2, -0.15) is 0 Å². The van der Waals surface area contributed by atoms with Crippen LogP contribution in [0.2, 0.25) is 5.02 Å². The van der Waals surface area contributed by atoms with Crippen molar-refractivity contribution in [3.63, 3.8) is 0 Å². The molecule has 0 fully saturated rings. The van der Waals surface area contributed by atoms with E-state index in [2.05, 4.69) is 5.32 Å². The first-order chi connectivity index (χ1) is 13.0. The number of ether oxygens (including phenoxy) is 2. The molecule has 1 N–H and O–H groups in total. The number of amides is 1. The van der Waals surface area contributed by atoms with Crippen molar-refractivity contribution in [1.82, 2.24) is 0 Å². The number of nitro benzene ring substituents is 1. The molecule has 4 rings (SSSR count). The van der Waals surface area contributed by atoms with Gasteiger partial charge in [-0.15, -0.1) is 0 Å². The first-order valence-electron chi connectivity index (χ1n) is 7.85. The van der Waals surface area contributed by atoms with Gasteiger partial charge in [0.15, 0.2) is 17.2 Å². The molecule has 134 valence electrons. The van der Waals surface area contributed by atoms with Crippen molar-refractivity contribution in [2.45, 2.75) is 0 Å². The van der Waals surface area contributed by atoms with E-state index in [1.165, 1.54) is 18.2 Å². The van der Waals surface area contributed by atoms with Crippen LogP contribution in [0.1, 0.15) is 10.4 Å². The Kier molecular flexibility index (Phi) is 4.13. The molecule has 8 heteroatoms. The average Bonchev–Trinajstić information content (AvgIpc) is 2.77.